The second-order valence-corrected chi connectivity index (χ2v) is 5.25. The number of halogens is 1. The molecule has 2 nitrogen and oxygen atoms in total. The summed E-state index contributed by atoms with van der Waals surface area (Å²) >= 11 is 3.46. The van der Waals surface area contributed by atoms with Crippen LogP contribution in [-0.2, 0) is 0 Å². The highest BCUT2D eigenvalue weighted by molar-refractivity contribution is 9.10. The minimum absolute atomic E-state index is 0.673. The molecular weight excluding hydrogens is 278 g/mol. The van der Waals surface area contributed by atoms with Gasteiger partial charge in [0.2, 0.25) is 0 Å². The van der Waals surface area contributed by atoms with Gasteiger partial charge in [0.25, 0.3) is 0 Å². The monoisotopic (exact) mass is 293 g/mol. The van der Waals surface area contributed by atoms with Crippen molar-refractivity contribution in [1.29, 1.82) is 0 Å². The minimum atomic E-state index is 0.673. The highest BCUT2D eigenvalue weighted by Crippen LogP contribution is 2.32. The Morgan fingerprint density at radius 1 is 1.47 bits per heavy atom. The van der Waals surface area contributed by atoms with Gasteiger partial charge in [-0.1, -0.05) is 28.1 Å². The van der Waals surface area contributed by atoms with Crippen molar-refractivity contribution in [2.75, 3.05) is 13.2 Å². The molecule has 0 spiro atoms. The molecule has 0 saturated carbocycles. The van der Waals surface area contributed by atoms with E-state index in [2.05, 4.69) is 47.5 Å². The van der Waals surface area contributed by atoms with E-state index in [0.717, 1.165) is 28.0 Å². The summed E-state index contributed by atoms with van der Waals surface area (Å²) in [5.74, 6) is 0.897. The zero-order valence-electron chi connectivity index (χ0n) is 10.2. The van der Waals surface area contributed by atoms with Gasteiger partial charge in [0.15, 0.2) is 0 Å². The van der Waals surface area contributed by atoms with E-state index in [1.165, 1.54) is 5.57 Å². The molecule has 1 aromatic carbocycles. The Hall–Kier alpha value is -1.22. The molecule has 90 valence electrons. The van der Waals surface area contributed by atoms with E-state index < -0.39 is 0 Å². The van der Waals surface area contributed by atoms with Crippen LogP contribution in [-0.4, -0.2) is 18.1 Å². The van der Waals surface area contributed by atoms with Crippen LogP contribution in [0.4, 0.5) is 0 Å². The van der Waals surface area contributed by atoms with Gasteiger partial charge in [-0.15, -0.1) is 0 Å². The van der Waals surface area contributed by atoms with E-state index in [0.29, 0.717) is 6.61 Å². The lowest BCUT2D eigenvalue weighted by Crippen LogP contribution is -2.18. The van der Waals surface area contributed by atoms with Crippen molar-refractivity contribution >= 4 is 21.6 Å². The van der Waals surface area contributed by atoms with Crippen LogP contribution in [0.25, 0.3) is 5.70 Å². The van der Waals surface area contributed by atoms with Crippen LogP contribution in [0.5, 0.6) is 5.75 Å². The molecule has 2 rings (SSSR count). The average Bonchev–Trinajstić information content (AvgIpc) is 2.39. The Bertz CT molecular complexity index is 475. The first-order valence-electron chi connectivity index (χ1n) is 5.61. The lowest BCUT2D eigenvalue weighted by Gasteiger charge is -2.20. The Morgan fingerprint density at radius 3 is 2.94 bits per heavy atom. The van der Waals surface area contributed by atoms with Gasteiger partial charge in [-0.05, 0) is 32.0 Å². The molecule has 1 heterocycles. The fourth-order valence-electron chi connectivity index (χ4n) is 1.85. The van der Waals surface area contributed by atoms with Crippen LogP contribution in [0.2, 0.25) is 0 Å². The first kappa shape index (κ1) is 12.2. The number of benzene rings is 1. The van der Waals surface area contributed by atoms with Gasteiger partial charge in [-0.25, -0.2) is 0 Å². The molecule has 0 unspecified atom stereocenters. The lowest BCUT2D eigenvalue weighted by molar-refractivity contribution is 0.299. The summed E-state index contributed by atoms with van der Waals surface area (Å²) in [6, 6.07) is 6.05. The Balaban J connectivity index is 2.40. The third-order valence-electron chi connectivity index (χ3n) is 2.61. The Morgan fingerprint density at radius 2 is 2.24 bits per heavy atom. The maximum Gasteiger partial charge on any atom is 0.129 e. The third kappa shape index (κ3) is 2.72. The number of hydrogen-bond acceptors (Lipinski definition) is 2. The second-order valence-electron chi connectivity index (χ2n) is 4.34. The fourth-order valence-corrected chi connectivity index (χ4v) is 2.19. The SMILES string of the molecule is C=C1c2ccc(Br)cc2OCCN1C=C(C)C. The summed E-state index contributed by atoms with van der Waals surface area (Å²) in [5, 5.41) is 0. The van der Waals surface area contributed by atoms with Gasteiger partial charge in [0.05, 0.1) is 6.54 Å². The van der Waals surface area contributed by atoms with Crippen LogP contribution in [0, 0.1) is 0 Å². The molecule has 0 bridgehead atoms. The molecule has 0 fully saturated rings. The summed E-state index contributed by atoms with van der Waals surface area (Å²) in [6.45, 7) is 9.84. The fraction of sp³-hybridized carbons (Fsp3) is 0.286. The summed E-state index contributed by atoms with van der Waals surface area (Å²) in [7, 11) is 0. The van der Waals surface area contributed by atoms with Crippen molar-refractivity contribution in [1.82, 2.24) is 4.90 Å². The summed E-state index contributed by atoms with van der Waals surface area (Å²) in [6.07, 6.45) is 2.11. The molecular formula is C14H16BrNO. The number of fused-ring (bicyclic) bond motifs is 1. The topological polar surface area (TPSA) is 12.5 Å². The maximum absolute atomic E-state index is 5.75. The van der Waals surface area contributed by atoms with Gasteiger partial charge < -0.3 is 9.64 Å². The molecule has 0 N–H and O–H groups in total. The van der Waals surface area contributed by atoms with Crippen molar-refractivity contribution in [2.24, 2.45) is 0 Å². The molecule has 0 radical (unpaired) electrons. The van der Waals surface area contributed by atoms with Crippen molar-refractivity contribution in [2.45, 2.75) is 13.8 Å². The third-order valence-corrected chi connectivity index (χ3v) is 3.10. The zero-order chi connectivity index (χ0) is 12.4. The quantitative estimate of drug-likeness (QED) is 0.775. The number of rotatable bonds is 1. The molecule has 1 aliphatic heterocycles. The smallest absolute Gasteiger partial charge is 0.129 e. The van der Waals surface area contributed by atoms with E-state index in [4.69, 9.17) is 4.74 Å². The van der Waals surface area contributed by atoms with Crippen molar-refractivity contribution in [3.8, 4) is 5.75 Å². The van der Waals surface area contributed by atoms with Crippen LogP contribution in [0.15, 0.2) is 41.0 Å². The Kier molecular flexibility index (Phi) is 3.57. The van der Waals surface area contributed by atoms with Gasteiger partial charge in [0, 0.05) is 21.9 Å². The average molecular weight is 294 g/mol. The Labute approximate surface area is 111 Å². The summed E-state index contributed by atoms with van der Waals surface area (Å²) < 4.78 is 6.78. The second kappa shape index (κ2) is 4.96. The molecule has 1 aliphatic rings. The van der Waals surface area contributed by atoms with E-state index in [1.807, 2.05) is 18.2 Å². The standard InChI is InChI=1S/C14H16BrNO/c1-10(2)9-16-6-7-17-14-8-12(15)4-5-13(14)11(16)3/h4-5,8-9H,3,6-7H2,1-2H3. The summed E-state index contributed by atoms with van der Waals surface area (Å²) in [5.41, 5.74) is 3.31. The first-order chi connectivity index (χ1) is 8.08. The molecule has 0 amide bonds. The molecule has 17 heavy (non-hydrogen) atoms. The number of hydrogen-bond donors (Lipinski definition) is 0. The number of nitrogens with zero attached hydrogens (tertiary/aromatic N) is 1. The van der Waals surface area contributed by atoms with Gasteiger partial charge in [-0.3, -0.25) is 0 Å². The van der Waals surface area contributed by atoms with Gasteiger partial charge in [0.1, 0.15) is 12.4 Å². The first-order valence-corrected chi connectivity index (χ1v) is 6.40. The van der Waals surface area contributed by atoms with Crippen LogP contribution < -0.4 is 4.74 Å². The van der Waals surface area contributed by atoms with Crippen LogP contribution in [0.1, 0.15) is 19.4 Å². The molecule has 0 aliphatic carbocycles. The van der Waals surface area contributed by atoms with E-state index in [-0.39, 0.29) is 0 Å². The molecule has 0 saturated heterocycles. The predicted octanol–water partition coefficient (Wildman–Crippen LogP) is 4.04. The normalized spacial score (nSPS) is 14.8. The van der Waals surface area contributed by atoms with Gasteiger partial charge in [-0.2, -0.15) is 0 Å². The van der Waals surface area contributed by atoms with E-state index in [1.54, 1.807) is 0 Å². The lowest BCUT2D eigenvalue weighted by atomic mass is 10.1. The van der Waals surface area contributed by atoms with Crippen LogP contribution >= 0.6 is 15.9 Å². The zero-order valence-corrected chi connectivity index (χ0v) is 11.8. The predicted molar refractivity (Wildman–Crippen MR) is 74.8 cm³/mol. The molecule has 3 heteroatoms. The maximum atomic E-state index is 5.75. The molecule has 0 aromatic heterocycles. The highest BCUT2D eigenvalue weighted by atomic mass is 79.9. The van der Waals surface area contributed by atoms with E-state index >= 15 is 0 Å². The van der Waals surface area contributed by atoms with Gasteiger partial charge >= 0.3 is 0 Å². The van der Waals surface area contributed by atoms with E-state index in [9.17, 15) is 0 Å². The van der Waals surface area contributed by atoms with Crippen molar-refractivity contribution < 1.29 is 4.74 Å². The highest BCUT2D eigenvalue weighted by Gasteiger charge is 2.17. The minimum Gasteiger partial charge on any atom is -0.491 e. The number of ether oxygens (including phenoxy) is 1. The van der Waals surface area contributed by atoms with Crippen LogP contribution in [0.3, 0.4) is 0 Å². The largest absolute Gasteiger partial charge is 0.491 e. The molecule has 1 aromatic rings. The van der Waals surface area contributed by atoms with Crippen molar-refractivity contribution in [3.05, 3.63) is 46.6 Å². The number of allylic oxidation sites excluding steroid dienone is 1. The summed E-state index contributed by atoms with van der Waals surface area (Å²) in [4.78, 5) is 2.15. The van der Waals surface area contributed by atoms with Crippen molar-refractivity contribution in [3.63, 3.8) is 0 Å². The molecule has 0 atom stereocenters.